The molecule has 0 saturated heterocycles. The molecule has 1 heterocycles. The average Bonchev–Trinajstić information content (AvgIpc) is 2.28. The second-order valence-electron chi connectivity index (χ2n) is 3.27. The Labute approximate surface area is 102 Å². The van der Waals surface area contributed by atoms with Gasteiger partial charge in [0.2, 0.25) is 5.28 Å². The van der Waals surface area contributed by atoms with Gasteiger partial charge in [0.25, 0.3) is 0 Å². The molecule has 8 heteroatoms. The van der Waals surface area contributed by atoms with E-state index in [0.29, 0.717) is 6.42 Å². The van der Waals surface area contributed by atoms with Crippen molar-refractivity contribution in [1.29, 1.82) is 0 Å². The summed E-state index contributed by atoms with van der Waals surface area (Å²) in [5.41, 5.74) is 0. The van der Waals surface area contributed by atoms with Gasteiger partial charge in [0.15, 0.2) is 11.6 Å². The smallest absolute Gasteiger partial charge is 0.404 e. The molecule has 0 aliphatic heterocycles. The average molecular weight is 263 g/mol. The minimum atomic E-state index is -1.13. The number of carbonyl (C=O) groups is 1. The van der Waals surface area contributed by atoms with Crippen molar-refractivity contribution in [1.82, 2.24) is 15.3 Å². The summed E-state index contributed by atoms with van der Waals surface area (Å²) < 4.78 is 13.2. The van der Waals surface area contributed by atoms with Gasteiger partial charge >= 0.3 is 6.09 Å². The molecule has 0 spiro atoms. The lowest BCUT2D eigenvalue weighted by atomic mass is 10.2. The molecule has 6 nitrogen and oxygen atoms in total. The molecule has 1 amide bonds. The molecule has 0 bridgehead atoms. The zero-order chi connectivity index (χ0) is 12.8. The van der Waals surface area contributed by atoms with Crippen LogP contribution in [-0.2, 0) is 0 Å². The number of hydrogen-bond acceptors (Lipinski definition) is 4. The lowest BCUT2D eigenvalue weighted by Crippen LogP contribution is -2.38. The van der Waals surface area contributed by atoms with Gasteiger partial charge in [-0.3, -0.25) is 0 Å². The highest BCUT2D eigenvalue weighted by Crippen LogP contribution is 2.11. The number of aromatic nitrogens is 2. The number of rotatable bonds is 5. The van der Waals surface area contributed by atoms with E-state index in [4.69, 9.17) is 16.7 Å². The lowest BCUT2D eigenvalue weighted by molar-refractivity contribution is 0.190. The molecule has 1 rings (SSSR count). The Morgan fingerprint density at radius 2 is 2.41 bits per heavy atom. The summed E-state index contributed by atoms with van der Waals surface area (Å²) in [6.07, 6.45) is 0.392. The predicted octanol–water partition coefficient (Wildman–Crippen LogP) is 1.73. The van der Waals surface area contributed by atoms with Gasteiger partial charge in [0, 0.05) is 12.6 Å². The van der Waals surface area contributed by atoms with Crippen LogP contribution in [0.15, 0.2) is 6.20 Å². The SMILES string of the molecule is CC[C@H](CNc1nc(Cl)ncc1F)NC(=O)O. The van der Waals surface area contributed by atoms with Gasteiger partial charge in [-0.2, -0.15) is 4.98 Å². The molecule has 3 N–H and O–H groups in total. The monoisotopic (exact) mass is 262 g/mol. The van der Waals surface area contributed by atoms with Gasteiger partial charge in [-0.05, 0) is 18.0 Å². The first kappa shape index (κ1) is 13.4. The Balaban J connectivity index is 2.59. The number of nitrogens with one attached hydrogen (secondary N) is 2. The fourth-order valence-electron chi connectivity index (χ4n) is 1.16. The van der Waals surface area contributed by atoms with Gasteiger partial charge in [0.05, 0.1) is 6.20 Å². The van der Waals surface area contributed by atoms with Crippen molar-refractivity contribution >= 4 is 23.5 Å². The first-order valence-corrected chi connectivity index (χ1v) is 5.32. The highest BCUT2D eigenvalue weighted by molar-refractivity contribution is 6.28. The predicted molar refractivity (Wildman–Crippen MR) is 60.7 cm³/mol. The third-order valence-corrected chi connectivity index (χ3v) is 2.23. The van der Waals surface area contributed by atoms with E-state index in [-0.39, 0.29) is 23.7 Å². The summed E-state index contributed by atoms with van der Waals surface area (Å²) in [5.74, 6) is -0.685. The van der Waals surface area contributed by atoms with Crippen LogP contribution in [0.25, 0.3) is 0 Å². The van der Waals surface area contributed by atoms with E-state index in [1.54, 1.807) is 0 Å². The second-order valence-corrected chi connectivity index (χ2v) is 3.61. The van der Waals surface area contributed by atoms with Gasteiger partial charge in [-0.25, -0.2) is 14.2 Å². The van der Waals surface area contributed by atoms with E-state index in [0.717, 1.165) is 6.20 Å². The summed E-state index contributed by atoms with van der Waals surface area (Å²) in [6, 6.07) is -0.333. The zero-order valence-electron chi connectivity index (χ0n) is 9.07. The van der Waals surface area contributed by atoms with E-state index in [2.05, 4.69) is 20.6 Å². The van der Waals surface area contributed by atoms with Crippen LogP contribution in [0.1, 0.15) is 13.3 Å². The van der Waals surface area contributed by atoms with Gasteiger partial charge in [-0.1, -0.05) is 6.92 Å². The number of amides is 1. The number of anilines is 1. The van der Waals surface area contributed by atoms with Crippen molar-refractivity contribution in [3.63, 3.8) is 0 Å². The van der Waals surface area contributed by atoms with Crippen LogP contribution in [0.5, 0.6) is 0 Å². The first-order chi connectivity index (χ1) is 8.02. The largest absolute Gasteiger partial charge is 0.465 e. The fourth-order valence-corrected chi connectivity index (χ4v) is 1.29. The number of nitrogens with zero attached hydrogens (tertiary/aromatic N) is 2. The minimum Gasteiger partial charge on any atom is -0.465 e. The Bertz CT molecular complexity index is 405. The molecule has 0 fully saturated rings. The molecule has 1 aromatic rings. The molecule has 0 aromatic carbocycles. The van der Waals surface area contributed by atoms with Crippen LogP contribution >= 0.6 is 11.6 Å². The van der Waals surface area contributed by atoms with Gasteiger partial charge in [-0.15, -0.1) is 0 Å². The number of hydrogen-bond donors (Lipinski definition) is 3. The van der Waals surface area contributed by atoms with Crippen LogP contribution < -0.4 is 10.6 Å². The third kappa shape index (κ3) is 4.39. The summed E-state index contributed by atoms with van der Waals surface area (Å²) in [7, 11) is 0. The molecular weight excluding hydrogens is 251 g/mol. The maximum Gasteiger partial charge on any atom is 0.404 e. The van der Waals surface area contributed by atoms with Crippen molar-refractivity contribution in [3.05, 3.63) is 17.3 Å². The summed E-state index contributed by atoms with van der Waals surface area (Å²) in [4.78, 5) is 17.6. The molecular formula is C9H12ClFN4O2. The summed E-state index contributed by atoms with van der Waals surface area (Å²) >= 11 is 5.51. The molecule has 0 saturated carbocycles. The van der Waals surface area contributed by atoms with E-state index in [1.807, 2.05) is 6.92 Å². The first-order valence-electron chi connectivity index (χ1n) is 4.94. The van der Waals surface area contributed by atoms with E-state index in [9.17, 15) is 9.18 Å². The molecule has 0 aliphatic carbocycles. The molecule has 0 aliphatic rings. The number of carboxylic acid groups (broad SMARTS) is 1. The van der Waals surface area contributed by atoms with E-state index >= 15 is 0 Å². The summed E-state index contributed by atoms with van der Waals surface area (Å²) in [6.45, 7) is 2.03. The van der Waals surface area contributed by atoms with E-state index < -0.39 is 11.9 Å². The Hall–Kier alpha value is -1.63. The highest BCUT2D eigenvalue weighted by atomic mass is 35.5. The molecule has 0 unspecified atom stereocenters. The third-order valence-electron chi connectivity index (χ3n) is 2.05. The molecule has 0 radical (unpaired) electrons. The minimum absolute atomic E-state index is 0.0457. The van der Waals surface area contributed by atoms with Crippen LogP contribution in [0.2, 0.25) is 5.28 Å². The Kier molecular flexibility index (Phi) is 4.89. The number of halogens is 2. The maximum atomic E-state index is 13.2. The topological polar surface area (TPSA) is 87.1 Å². The Morgan fingerprint density at radius 3 is 3.00 bits per heavy atom. The maximum absolute atomic E-state index is 13.2. The lowest BCUT2D eigenvalue weighted by Gasteiger charge is -2.15. The van der Waals surface area contributed by atoms with Crippen molar-refractivity contribution in [2.75, 3.05) is 11.9 Å². The van der Waals surface area contributed by atoms with Crippen LogP contribution in [0, 0.1) is 5.82 Å². The van der Waals surface area contributed by atoms with Crippen LogP contribution in [0.3, 0.4) is 0 Å². The van der Waals surface area contributed by atoms with Crippen molar-refractivity contribution in [2.24, 2.45) is 0 Å². The fraction of sp³-hybridized carbons (Fsp3) is 0.444. The summed E-state index contributed by atoms with van der Waals surface area (Å²) in [5, 5.41) is 13.4. The normalized spacial score (nSPS) is 11.9. The molecule has 1 aromatic heterocycles. The van der Waals surface area contributed by atoms with Gasteiger partial charge in [0.1, 0.15) is 0 Å². The quantitative estimate of drug-likeness (QED) is 0.704. The van der Waals surface area contributed by atoms with E-state index in [1.165, 1.54) is 0 Å². The highest BCUT2D eigenvalue weighted by Gasteiger charge is 2.11. The van der Waals surface area contributed by atoms with Crippen molar-refractivity contribution in [3.8, 4) is 0 Å². The molecule has 94 valence electrons. The van der Waals surface area contributed by atoms with Crippen LogP contribution in [-0.4, -0.2) is 33.8 Å². The molecule has 1 atom stereocenters. The zero-order valence-corrected chi connectivity index (χ0v) is 9.83. The second kappa shape index (κ2) is 6.19. The molecule has 17 heavy (non-hydrogen) atoms. The Morgan fingerprint density at radius 1 is 1.71 bits per heavy atom. The van der Waals surface area contributed by atoms with Crippen LogP contribution in [0.4, 0.5) is 15.0 Å². The van der Waals surface area contributed by atoms with Crippen molar-refractivity contribution < 1.29 is 14.3 Å². The van der Waals surface area contributed by atoms with Gasteiger partial charge < -0.3 is 15.7 Å². The van der Waals surface area contributed by atoms with Crippen molar-refractivity contribution in [2.45, 2.75) is 19.4 Å². The standard InChI is InChI=1S/C9H12ClFN4O2/c1-2-5(14-9(16)17)3-12-7-6(11)4-13-8(10)15-7/h4-5,14H,2-3H2,1H3,(H,16,17)(H,12,13,15)/t5-/m1/s1.